The first-order valence-corrected chi connectivity index (χ1v) is 7.73. The molecule has 21 heavy (non-hydrogen) atoms. The van der Waals surface area contributed by atoms with Crippen LogP contribution in [0, 0.1) is 6.92 Å². The lowest BCUT2D eigenvalue weighted by atomic mass is 10.3. The molecule has 2 N–H and O–H groups in total. The summed E-state index contributed by atoms with van der Waals surface area (Å²) in [5.74, 6) is 2.69. The molecule has 116 valence electrons. The molecule has 0 aromatic carbocycles. The number of aliphatic imine (C=N–C) groups is 1. The van der Waals surface area contributed by atoms with Gasteiger partial charge in [-0.1, -0.05) is 0 Å². The SMILES string of the molecule is CN=C(NCc1nnc(C)n1C)NC1CCN(C2CC2)C1. The Morgan fingerprint density at radius 2 is 2.14 bits per heavy atom. The number of nitrogens with one attached hydrogen (secondary N) is 2. The Morgan fingerprint density at radius 1 is 1.33 bits per heavy atom. The monoisotopic (exact) mass is 291 g/mol. The summed E-state index contributed by atoms with van der Waals surface area (Å²) in [6.45, 7) is 4.93. The molecule has 1 aliphatic carbocycles. The highest BCUT2D eigenvalue weighted by atomic mass is 15.3. The number of aromatic nitrogens is 3. The molecule has 1 atom stereocenters. The third-order valence-electron chi connectivity index (χ3n) is 4.44. The zero-order valence-corrected chi connectivity index (χ0v) is 13.1. The number of hydrogen-bond acceptors (Lipinski definition) is 4. The van der Waals surface area contributed by atoms with Crippen LogP contribution in [0.5, 0.6) is 0 Å². The number of likely N-dealkylation sites (tertiary alicyclic amines) is 1. The number of rotatable bonds is 4. The van der Waals surface area contributed by atoms with Gasteiger partial charge in [-0.2, -0.15) is 0 Å². The average Bonchev–Trinajstić information content (AvgIpc) is 3.16. The molecule has 0 radical (unpaired) electrons. The third kappa shape index (κ3) is 3.34. The first-order valence-electron chi connectivity index (χ1n) is 7.73. The van der Waals surface area contributed by atoms with E-state index in [1.54, 1.807) is 0 Å². The van der Waals surface area contributed by atoms with Crippen molar-refractivity contribution in [2.75, 3.05) is 20.1 Å². The van der Waals surface area contributed by atoms with Crippen LogP contribution in [0.1, 0.15) is 30.9 Å². The summed E-state index contributed by atoms with van der Waals surface area (Å²) >= 11 is 0. The first-order chi connectivity index (χ1) is 10.2. The maximum Gasteiger partial charge on any atom is 0.191 e. The third-order valence-corrected chi connectivity index (χ3v) is 4.44. The van der Waals surface area contributed by atoms with E-state index in [4.69, 9.17) is 0 Å². The molecule has 0 bridgehead atoms. The van der Waals surface area contributed by atoms with Gasteiger partial charge in [0.1, 0.15) is 5.82 Å². The van der Waals surface area contributed by atoms with E-state index in [-0.39, 0.29) is 0 Å². The van der Waals surface area contributed by atoms with Crippen LogP contribution >= 0.6 is 0 Å². The zero-order valence-electron chi connectivity index (χ0n) is 13.1. The van der Waals surface area contributed by atoms with Crippen LogP contribution in [-0.4, -0.2) is 57.8 Å². The molecule has 0 amide bonds. The standard InChI is InChI=1S/C14H25N7/c1-10-18-19-13(20(10)3)8-16-14(15-2)17-11-6-7-21(9-11)12-4-5-12/h11-12H,4-9H2,1-3H3,(H2,15,16,17). The van der Waals surface area contributed by atoms with Crippen LogP contribution in [0.25, 0.3) is 0 Å². The van der Waals surface area contributed by atoms with E-state index in [2.05, 4.69) is 30.7 Å². The highest BCUT2D eigenvalue weighted by molar-refractivity contribution is 5.79. The van der Waals surface area contributed by atoms with Crippen LogP contribution in [0.4, 0.5) is 0 Å². The summed E-state index contributed by atoms with van der Waals surface area (Å²) in [4.78, 5) is 6.90. The second-order valence-corrected chi connectivity index (χ2v) is 6.00. The van der Waals surface area contributed by atoms with Crippen LogP contribution in [-0.2, 0) is 13.6 Å². The maximum absolute atomic E-state index is 4.31. The highest BCUT2D eigenvalue weighted by Gasteiger charge is 2.34. The number of hydrogen-bond donors (Lipinski definition) is 2. The molecule has 2 aliphatic rings. The predicted octanol–water partition coefficient (Wildman–Crippen LogP) is 0.0252. The minimum atomic E-state index is 0.498. The summed E-state index contributed by atoms with van der Waals surface area (Å²) < 4.78 is 1.99. The van der Waals surface area contributed by atoms with Gasteiger partial charge in [-0.3, -0.25) is 9.89 Å². The van der Waals surface area contributed by atoms with Crippen molar-refractivity contribution in [1.29, 1.82) is 0 Å². The van der Waals surface area contributed by atoms with Crippen molar-refractivity contribution >= 4 is 5.96 Å². The van der Waals surface area contributed by atoms with Crippen molar-refractivity contribution in [3.05, 3.63) is 11.6 Å². The van der Waals surface area contributed by atoms with E-state index in [0.717, 1.165) is 30.2 Å². The lowest BCUT2D eigenvalue weighted by Gasteiger charge is -2.18. The van der Waals surface area contributed by atoms with Gasteiger partial charge in [0.2, 0.25) is 0 Å². The lowest BCUT2D eigenvalue weighted by Crippen LogP contribution is -2.44. The van der Waals surface area contributed by atoms with Gasteiger partial charge < -0.3 is 15.2 Å². The Hall–Kier alpha value is -1.63. The molecule has 1 saturated heterocycles. The van der Waals surface area contributed by atoms with Crippen molar-refractivity contribution in [1.82, 2.24) is 30.3 Å². The van der Waals surface area contributed by atoms with E-state index < -0.39 is 0 Å². The smallest absolute Gasteiger partial charge is 0.191 e. The van der Waals surface area contributed by atoms with Crippen molar-refractivity contribution in [2.45, 2.75) is 44.8 Å². The van der Waals surface area contributed by atoms with Gasteiger partial charge >= 0.3 is 0 Å². The van der Waals surface area contributed by atoms with E-state index >= 15 is 0 Å². The molecule has 0 spiro atoms. The van der Waals surface area contributed by atoms with Crippen LogP contribution in [0.3, 0.4) is 0 Å². The van der Waals surface area contributed by atoms with Crippen molar-refractivity contribution < 1.29 is 0 Å². The van der Waals surface area contributed by atoms with Gasteiger partial charge in [0.25, 0.3) is 0 Å². The normalized spacial score (nSPS) is 23.6. The summed E-state index contributed by atoms with van der Waals surface area (Å²) in [7, 11) is 3.79. The molecular weight excluding hydrogens is 266 g/mol. The fourth-order valence-electron chi connectivity index (χ4n) is 2.83. The van der Waals surface area contributed by atoms with Crippen molar-refractivity contribution in [3.63, 3.8) is 0 Å². The fraction of sp³-hybridized carbons (Fsp3) is 0.786. The second-order valence-electron chi connectivity index (χ2n) is 6.00. The van der Waals surface area contributed by atoms with E-state index in [9.17, 15) is 0 Å². The summed E-state index contributed by atoms with van der Waals surface area (Å²) in [6.07, 6.45) is 3.96. The van der Waals surface area contributed by atoms with E-state index in [1.807, 2.05) is 25.6 Å². The van der Waals surface area contributed by atoms with Gasteiger partial charge in [0.15, 0.2) is 11.8 Å². The Labute approximate surface area is 125 Å². The van der Waals surface area contributed by atoms with Crippen LogP contribution in [0.15, 0.2) is 4.99 Å². The largest absolute Gasteiger partial charge is 0.352 e. The van der Waals surface area contributed by atoms with Crippen LogP contribution < -0.4 is 10.6 Å². The molecule has 7 nitrogen and oxygen atoms in total. The summed E-state index contributed by atoms with van der Waals surface area (Å²) in [5.41, 5.74) is 0. The molecule has 1 aromatic rings. The van der Waals surface area contributed by atoms with Gasteiger partial charge in [0, 0.05) is 39.3 Å². The summed E-state index contributed by atoms with van der Waals surface area (Å²) in [6, 6.07) is 1.35. The molecule has 1 aliphatic heterocycles. The molecule has 1 unspecified atom stereocenters. The minimum Gasteiger partial charge on any atom is -0.352 e. The van der Waals surface area contributed by atoms with E-state index in [0.29, 0.717) is 12.6 Å². The minimum absolute atomic E-state index is 0.498. The van der Waals surface area contributed by atoms with Crippen LogP contribution in [0.2, 0.25) is 0 Å². The molecule has 2 fully saturated rings. The molecule has 3 rings (SSSR count). The fourth-order valence-corrected chi connectivity index (χ4v) is 2.83. The summed E-state index contributed by atoms with van der Waals surface area (Å²) in [5, 5.41) is 15.1. The highest BCUT2D eigenvalue weighted by Crippen LogP contribution is 2.29. The second kappa shape index (κ2) is 6.01. The molecular formula is C14H25N7. The number of aryl methyl sites for hydroxylation is 1. The Balaban J connectivity index is 1.48. The molecule has 1 saturated carbocycles. The molecule has 2 heterocycles. The maximum atomic E-state index is 4.31. The van der Waals surface area contributed by atoms with E-state index in [1.165, 1.54) is 25.8 Å². The number of nitrogens with zero attached hydrogens (tertiary/aromatic N) is 5. The quantitative estimate of drug-likeness (QED) is 0.605. The Bertz CT molecular complexity index is 517. The Kier molecular flexibility index (Phi) is 4.10. The predicted molar refractivity (Wildman–Crippen MR) is 82.1 cm³/mol. The first kappa shape index (κ1) is 14.3. The number of guanidine groups is 1. The van der Waals surface area contributed by atoms with Gasteiger partial charge in [-0.15, -0.1) is 10.2 Å². The Morgan fingerprint density at radius 3 is 2.76 bits per heavy atom. The van der Waals surface area contributed by atoms with Crippen molar-refractivity contribution in [2.24, 2.45) is 12.0 Å². The van der Waals surface area contributed by atoms with Gasteiger partial charge in [0.05, 0.1) is 6.54 Å². The lowest BCUT2D eigenvalue weighted by molar-refractivity contribution is 0.321. The van der Waals surface area contributed by atoms with Gasteiger partial charge in [-0.25, -0.2) is 0 Å². The topological polar surface area (TPSA) is 70.4 Å². The van der Waals surface area contributed by atoms with Crippen molar-refractivity contribution in [3.8, 4) is 0 Å². The molecule has 7 heteroatoms. The molecule has 1 aromatic heterocycles. The zero-order chi connectivity index (χ0) is 14.8. The van der Waals surface area contributed by atoms with Gasteiger partial charge in [-0.05, 0) is 26.2 Å². The average molecular weight is 291 g/mol.